The second-order valence-corrected chi connectivity index (χ2v) is 6.67. The van der Waals surface area contributed by atoms with E-state index in [0.717, 1.165) is 4.90 Å². The first-order valence-electron chi connectivity index (χ1n) is 5.89. The first-order valence-corrected chi connectivity index (χ1v) is 7.09. The molecule has 0 radical (unpaired) electrons. The van der Waals surface area contributed by atoms with Crippen molar-refractivity contribution in [2.24, 2.45) is 0 Å². The standard InChI is InChI=1S/C14H15ClN2OS/c1-14(2,3)9-4-6-10(7-5-9)19-13-11(15)12(18)16-8-17-13/h4-8H,1-3H3,(H,16,17,18). The summed E-state index contributed by atoms with van der Waals surface area (Å²) in [6.45, 7) is 6.51. The molecule has 0 bridgehead atoms. The third-order valence-corrected chi connectivity index (χ3v) is 4.17. The van der Waals surface area contributed by atoms with Gasteiger partial charge in [0, 0.05) is 4.90 Å². The van der Waals surface area contributed by atoms with Crippen LogP contribution in [0, 0.1) is 0 Å². The summed E-state index contributed by atoms with van der Waals surface area (Å²) in [4.78, 5) is 18.9. The molecule has 0 aliphatic heterocycles. The minimum absolute atomic E-state index is 0.128. The molecule has 0 aliphatic rings. The molecule has 0 spiro atoms. The van der Waals surface area contributed by atoms with Crippen LogP contribution in [0.4, 0.5) is 0 Å². The lowest BCUT2D eigenvalue weighted by molar-refractivity contribution is 0.590. The highest BCUT2D eigenvalue weighted by molar-refractivity contribution is 7.99. The van der Waals surface area contributed by atoms with Crippen molar-refractivity contribution in [2.75, 3.05) is 0 Å². The van der Waals surface area contributed by atoms with E-state index in [9.17, 15) is 4.79 Å². The Kier molecular flexibility index (Phi) is 4.02. The van der Waals surface area contributed by atoms with Gasteiger partial charge in [-0.1, -0.05) is 56.3 Å². The third-order valence-electron chi connectivity index (χ3n) is 2.70. The summed E-state index contributed by atoms with van der Waals surface area (Å²) >= 11 is 7.30. The number of aromatic nitrogens is 2. The molecule has 0 atom stereocenters. The Morgan fingerprint density at radius 2 is 1.84 bits per heavy atom. The number of rotatable bonds is 2. The third kappa shape index (κ3) is 3.39. The quantitative estimate of drug-likeness (QED) is 0.855. The molecule has 1 aromatic carbocycles. The van der Waals surface area contributed by atoms with Crippen LogP contribution < -0.4 is 5.56 Å². The summed E-state index contributed by atoms with van der Waals surface area (Å²) in [6, 6.07) is 8.21. The predicted molar refractivity (Wildman–Crippen MR) is 79.1 cm³/mol. The van der Waals surface area contributed by atoms with Crippen molar-refractivity contribution >= 4 is 23.4 Å². The maximum absolute atomic E-state index is 11.4. The summed E-state index contributed by atoms with van der Waals surface area (Å²) in [5.41, 5.74) is 1.08. The maximum atomic E-state index is 11.4. The Morgan fingerprint density at radius 1 is 1.21 bits per heavy atom. The second-order valence-electron chi connectivity index (χ2n) is 5.23. The van der Waals surface area contributed by atoms with Gasteiger partial charge in [-0.15, -0.1) is 0 Å². The van der Waals surface area contributed by atoms with Gasteiger partial charge in [0.15, 0.2) is 0 Å². The lowest BCUT2D eigenvalue weighted by atomic mass is 9.87. The van der Waals surface area contributed by atoms with E-state index in [2.05, 4.69) is 42.9 Å². The van der Waals surface area contributed by atoms with Crippen LogP contribution in [0.2, 0.25) is 5.02 Å². The van der Waals surface area contributed by atoms with E-state index in [1.165, 1.54) is 23.7 Å². The van der Waals surface area contributed by atoms with Crippen molar-refractivity contribution in [2.45, 2.75) is 36.1 Å². The molecule has 1 aromatic heterocycles. The Hall–Kier alpha value is -1.26. The normalized spacial score (nSPS) is 11.6. The van der Waals surface area contributed by atoms with Crippen molar-refractivity contribution in [3.63, 3.8) is 0 Å². The largest absolute Gasteiger partial charge is 0.312 e. The summed E-state index contributed by atoms with van der Waals surface area (Å²) in [5.74, 6) is 0. The Morgan fingerprint density at radius 3 is 2.42 bits per heavy atom. The number of benzene rings is 1. The van der Waals surface area contributed by atoms with Crippen LogP contribution in [-0.2, 0) is 5.41 Å². The van der Waals surface area contributed by atoms with E-state index in [1.54, 1.807) is 0 Å². The van der Waals surface area contributed by atoms with Crippen molar-refractivity contribution < 1.29 is 0 Å². The van der Waals surface area contributed by atoms with Gasteiger partial charge < -0.3 is 4.98 Å². The molecule has 0 unspecified atom stereocenters. The number of nitrogens with one attached hydrogen (secondary N) is 1. The van der Waals surface area contributed by atoms with E-state index >= 15 is 0 Å². The number of hydrogen-bond acceptors (Lipinski definition) is 3. The zero-order chi connectivity index (χ0) is 14.0. The van der Waals surface area contributed by atoms with Gasteiger partial charge in [0.2, 0.25) is 0 Å². The highest BCUT2D eigenvalue weighted by Gasteiger charge is 2.13. The number of H-pyrrole nitrogens is 1. The fourth-order valence-electron chi connectivity index (χ4n) is 1.57. The summed E-state index contributed by atoms with van der Waals surface area (Å²) in [6.07, 6.45) is 1.36. The van der Waals surface area contributed by atoms with Gasteiger partial charge in [0.05, 0.1) is 6.33 Å². The number of nitrogens with zero attached hydrogens (tertiary/aromatic N) is 1. The molecular formula is C14H15ClN2OS. The molecular weight excluding hydrogens is 280 g/mol. The molecule has 0 fully saturated rings. The average Bonchev–Trinajstić information content (AvgIpc) is 2.35. The molecule has 2 rings (SSSR count). The summed E-state index contributed by atoms with van der Waals surface area (Å²) < 4.78 is 0. The van der Waals surface area contributed by atoms with E-state index in [4.69, 9.17) is 11.6 Å². The van der Waals surface area contributed by atoms with Crippen LogP contribution in [0.1, 0.15) is 26.3 Å². The molecule has 0 saturated carbocycles. The highest BCUT2D eigenvalue weighted by Crippen LogP contribution is 2.31. The maximum Gasteiger partial charge on any atom is 0.270 e. The Bertz CT molecular complexity index is 629. The monoisotopic (exact) mass is 294 g/mol. The molecule has 3 nitrogen and oxygen atoms in total. The lowest BCUT2D eigenvalue weighted by Crippen LogP contribution is -2.10. The van der Waals surface area contributed by atoms with E-state index in [-0.39, 0.29) is 16.0 Å². The fraction of sp³-hybridized carbons (Fsp3) is 0.286. The molecule has 5 heteroatoms. The molecule has 0 aliphatic carbocycles. The van der Waals surface area contributed by atoms with Gasteiger partial charge in [-0.25, -0.2) is 4.98 Å². The van der Waals surface area contributed by atoms with E-state index in [0.29, 0.717) is 5.03 Å². The Labute approximate surface area is 121 Å². The van der Waals surface area contributed by atoms with E-state index in [1.807, 2.05) is 12.1 Å². The first-order chi connectivity index (χ1) is 8.88. The van der Waals surface area contributed by atoms with Crippen LogP contribution >= 0.6 is 23.4 Å². The van der Waals surface area contributed by atoms with Crippen molar-refractivity contribution in [1.29, 1.82) is 0 Å². The number of hydrogen-bond donors (Lipinski definition) is 1. The number of aromatic amines is 1. The van der Waals surface area contributed by atoms with Gasteiger partial charge in [-0.05, 0) is 23.1 Å². The van der Waals surface area contributed by atoms with Crippen LogP contribution in [0.5, 0.6) is 0 Å². The van der Waals surface area contributed by atoms with E-state index < -0.39 is 0 Å². The second kappa shape index (κ2) is 5.39. The van der Waals surface area contributed by atoms with Crippen LogP contribution in [0.3, 0.4) is 0 Å². The van der Waals surface area contributed by atoms with Gasteiger partial charge in [-0.3, -0.25) is 4.79 Å². The molecule has 19 heavy (non-hydrogen) atoms. The van der Waals surface area contributed by atoms with Gasteiger partial charge in [0.1, 0.15) is 10.0 Å². The topological polar surface area (TPSA) is 45.8 Å². The van der Waals surface area contributed by atoms with Crippen LogP contribution in [-0.4, -0.2) is 9.97 Å². The average molecular weight is 295 g/mol. The smallest absolute Gasteiger partial charge is 0.270 e. The zero-order valence-corrected chi connectivity index (χ0v) is 12.6. The Balaban J connectivity index is 2.25. The first kappa shape index (κ1) is 14.2. The molecule has 1 heterocycles. The minimum Gasteiger partial charge on any atom is -0.312 e. The fourth-order valence-corrected chi connectivity index (χ4v) is 2.57. The highest BCUT2D eigenvalue weighted by atomic mass is 35.5. The summed E-state index contributed by atoms with van der Waals surface area (Å²) in [7, 11) is 0. The molecule has 0 amide bonds. The predicted octanol–water partition coefficient (Wildman–Crippen LogP) is 3.87. The van der Waals surface area contributed by atoms with Crippen LogP contribution in [0.25, 0.3) is 0 Å². The molecule has 1 N–H and O–H groups in total. The molecule has 2 aromatic rings. The number of halogens is 1. The molecule has 100 valence electrons. The van der Waals surface area contributed by atoms with Crippen molar-refractivity contribution in [3.8, 4) is 0 Å². The van der Waals surface area contributed by atoms with Gasteiger partial charge >= 0.3 is 0 Å². The van der Waals surface area contributed by atoms with Gasteiger partial charge in [-0.2, -0.15) is 0 Å². The van der Waals surface area contributed by atoms with Crippen molar-refractivity contribution in [1.82, 2.24) is 9.97 Å². The lowest BCUT2D eigenvalue weighted by Gasteiger charge is -2.19. The molecule has 0 saturated heterocycles. The zero-order valence-electron chi connectivity index (χ0n) is 11.0. The summed E-state index contributed by atoms with van der Waals surface area (Å²) in [5, 5.41) is 0.654. The van der Waals surface area contributed by atoms with Crippen molar-refractivity contribution in [3.05, 3.63) is 51.5 Å². The van der Waals surface area contributed by atoms with Crippen LogP contribution in [0.15, 0.2) is 45.3 Å². The van der Waals surface area contributed by atoms with Gasteiger partial charge in [0.25, 0.3) is 5.56 Å². The minimum atomic E-state index is -0.314. The SMILES string of the molecule is CC(C)(C)c1ccc(Sc2nc[nH]c(=O)c2Cl)cc1.